The summed E-state index contributed by atoms with van der Waals surface area (Å²) >= 11 is 0. The Hall–Kier alpha value is -4.67. The lowest BCUT2D eigenvalue weighted by molar-refractivity contribution is 0.102. The zero-order valence-electron chi connectivity index (χ0n) is 22.7. The first-order valence-corrected chi connectivity index (χ1v) is 13.9. The number of nitrogens with zero attached hydrogens (tertiary/aromatic N) is 6. The molecule has 0 radical (unpaired) electrons. The van der Waals surface area contributed by atoms with E-state index in [4.69, 9.17) is 4.74 Å². The fourth-order valence-corrected chi connectivity index (χ4v) is 5.29. The maximum Gasteiger partial charge on any atom is 0.270 e. The first kappa shape index (κ1) is 26.5. The Balaban J connectivity index is 1.02. The predicted octanol–water partition coefficient (Wildman–Crippen LogP) is 4.25. The van der Waals surface area contributed by atoms with Gasteiger partial charge in [-0.25, -0.2) is 0 Å². The van der Waals surface area contributed by atoms with Gasteiger partial charge in [0.2, 0.25) is 0 Å². The van der Waals surface area contributed by atoms with Crippen molar-refractivity contribution in [3.63, 3.8) is 0 Å². The van der Waals surface area contributed by atoms with Crippen molar-refractivity contribution < 1.29 is 9.53 Å². The molecule has 2 N–H and O–H groups in total. The molecular weight excluding hydrogens is 516 g/mol. The highest BCUT2D eigenvalue weighted by atomic mass is 16.5. The highest BCUT2D eigenvalue weighted by Crippen LogP contribution is 2.29. The summed E-state index contributed by atoms with van der Waals surface area (Å²) < 4.78 is 6.16. The maximum atomic E-state index is 13.2. The van der Waals surface area contributed by atoms with Gasteiger partial charge in [-0.2, -0.15) is 5.21 Å². The standard InChI is InChI=1S/C31H32N8O2/c40-30(33-31-34-36-37-35-31)28-26-12-5-4-8-23(26)13-14-27(28)41-21-7-16-38-17-19-39(20-18-38)22-25-11-6-15-32-29(25)24-9-2-1-3-10-24/h1-6,8-15H,7,16-22H2,(H2,33,34,35,36,37,40). The number of anilines is 1. The Kier molecular flexibility index (Phi) is 8.20. The van der Waals surface area contributed by atoms with Crippen LogP contribution in [0.2, 0.25) is 0 Å². The molecule has 208 valence electrons. The molecule has 0 atom stereocenters. The predicted molar refractivity (Wildman–Crippen MR) is 158 cm³/mol. The molecule has 0 bridgehead atoms. The zero-order valence-corrected chi connectivity index (χ0v) is 22.7. The second-order valence-electron chi connectivity index (χ2n) is 10.0. The summed E-state index contributed by atoms with van der Waals surface area (Å²) in [7, 11) is 0. The highest BCUT2D eigenvalue weighted by Gasteiger charge is 2.20. The van der Waals surface area contributed by atoms with E-state index >= 15 is 0 Å². The molecule has 1 fully saturated rings. The van der Waals surface area contributed by atoms with Crippen molar-refractivity contribution in [2.75, 3.05) is 44.6 Å². The van der Waals surface area contributed by atoms with E-state index in [2.05, 4.69) is 71.1 Å². The number of piperazine rings is 1. The van der Waals surface area contributed by atoms with Gasteiger partial charge in [0.1, 0.15) is 5.75 Å². The summed E-state index contributed by atoms with van der Waals surface area (Å²) in [5.74, 6) is 0.325. The van der Waals surface area contributed by atoms with Gasteiger partial charge in [0.05, 0.1) is 17.9 Å². The fraction of sp³-hybridized carbons (Fsp3) is 0.258. The van der Waals surface area contributed by atoms with Gasteiger partial charge >= 0.3 is 0 Å². The first-order chi connectivity index (χ1) is 20.2. The number of carbonyl (C=O) groups is 1. The zero-order chi connectivity index (χ0) is 27.9. The maximum absolute atomic E-state index is 13.2. The average Bonchev–Trinajstić information content (AvgIpc) is 3.53. The summed E-state index contributed by atoms with van der Waals surface area (Å²) in [6.07, 6.45) is 2.73. The molecule has 3 heterocycles. The van der Waals surface area contributed by atoms with Crippen LogP contribution in [0, 0.1) is 0 Å². The number of nitrogens with one attached hydrogen (secondary N) is 2. The SMILES string of the molecule is O=C(Nc1nn[nH]n1)c1c(OCCCN2CCN(Cc3cccnc3-c3ccccc3)CC2)ccc2ccccc12. The molecule has 1 aliphatic rings. The molecule has 41 heavy (non-hydrogen) atoms. The van der Waals surface area contributed by atoms with Gasteiger partial charge < -0.3 is 9.64 Å². The van der Waals surface area contributed by atoms with E-state index in [0.717, 1.165) is 67.7 Å². The summed E-state index contributed by atoms with van der Waals surface area (Å²) in [6, 6.07) is 26.2. The molecule has 1 amide bonds. The molecule has 0 aliphatic carbocycles. The van der Waals surface area contributed by atoms with Crippen molar-refractivity contribution >= 4 is 22.6 Å². The number of tetrazole rings is 1. The molecule has 10 heteroatoms. The van der Waals surface area contributed by atoms with Gasteiger partial charge in [0.15, 0.2) is 0 Å². The van der Waals surface area contributed by atoms with Crippen LogP contribution in [0.1, 0.15) is 22.3 Å². The van der Waals surface area contributed by atoms with Crippen LogP contribution in [0.4, 0.5) is 5.95 Å². The van der Waals surface area contributed by atoms with Crippen LogP contribution >= 0.6 is 0 Å². The monoisotopic (exact) mass is 548 g/mol. The average molecular weight is 549 g/mol. The molecule has 2 aromatic heterocycles. The van der Waals surface area contributed by atoms with Crippen molar-refractivity contribution in [2.24, 2.45) is 0 Å². The van der Waals surface area contributed by atoms with Crippen molar-refractivity contribution in [3.05, 3.63) is 96.2 Å². The number of pyridine rings is 1. The topological polar surface area (TPSA) is 112 Å². The molecule has 0 saturated carbocycles. The molecule has 3 aromatic carbocycles. The number of fused-ring (bicyclic) bond motifs is 1. The van der Waals surface area contributed by atoms with Crippen LogP contribution in [-0.4, -0.2) is 80.6 Å². The van der Waals surface area contributed by atoms with Crippen LogP contribution in [0.15, 0.2) is 85.1 Å². The van der Waals surface area contributed by atoms with Gasteiger partial charge in [0, 0.05) is 51.0 Å². The lowest BCUT2D eigenvalue weighted by atomic mass is 10.0. The quantitative estimate of drug-likeness (QED) is 0.249. The number of benzene rings is 3. The van der Waals surface area contributed by atoms with Crippen molar-refractivity contribution in [2.45, 2.75) is 13.0 Å². The highest BCUT2D eigenvalue weighted by molar-refractivity contribution is 6.14. The molecule has 1 saturated heterocycles. The minimum atomic E-state index is -0.335. The number of hydrogen-bond acceptors (Lipinski definition) is 8. The number of ether oxygens (including phenoxy) is 1. The second-order valence-corrected chi connectivity index (χ2v) is 10.0. The van der Waals surface area contributed by atoms with E-state index in [0.29, 0.717) is 17.9 Å². The summed E-state index contributed by atoms with van der Waals surface area (Å²) in [5, 5.41) is 18.0. The van der Waals surface area contributed by atoms with Gasteiger partial charge in [0.25, 0.3) is 11.9 Å². The van der Waals surface area contributed by atoms with Crippen molar-refractivity contribution in [3.8, 4) is 17.0 Å². The van der Waals surface area contributed by atoms with E-state index in [-0.39, 0.29) is 11.9 Å². The van der Waals surface area contributed by atoms with Crippen LogP contribution in [0.25, 0.3) is 22.0 Å². The smallest absolute Gasteiger partial charge is 0.270 e. The molecular formula is C31H32N8O2. The van der Waals surface area contributed by atoms with Crippen LogP contribution in [-0.2, 0) is 6.54 Å². The van der Waals surface area contributed by atoms with Gasteiger partial charge in [-0.05, 0) is 40.1 Å². The van der Waals surface area contributed by atoms with E-state index < -0.39 is 0 Å². The lowest BCUT2D eigenvalue weighted by Crippen LogP contribution is -2.46. The second kappa shape index (κ2) is 12.7. The summed E-state index contributed by atoms with van der Waals surface area (Å²) in [6.45, 7) is 6.38. The van der Waals surface area contributed by atoms with E-state index in [1.807, 2.05) is 54.7 Å². The normalized spacial score (nSPS) is 14.2. The number of carbonyl (C=O) groups excluding carboxylic acids is 1. The van der Waals surface area contributed by atoms with E-state index in [1.54, 1.807) is 0 Å². The molecule has 1 aliphatic heterocycles. The van der Waals surface area contributed by atoms with E-state index in [1.165, 1.54) is 5.56 Å². The number of H-pyrrole nitrogens is 1. The van der Waals surface area contributed by atoms with Gasteiger partial charge in [-0.1, -0.05) is 71.8 Å². The third-order valence-electron chi connectivity index (χ3n) is 7.36. The van der Waals surface area contributed by atoms with Crippen LogP contribution in [0.3, 0.4) is 0 Å². The number of aromatic amines is 1. The van der Waals surface area contributed by atoms with Gasteiger partial charge in [-0.3, -0.25) is 20.0 Å². The Morgan fingerprint density at radius 1 is 0.902 bits per heavy atom. The largest absolute Gasteiger partial charge is 0.493 e. The molecule has 6 rings (SSSR count). The Morgan fingerprint density at radius 2 is 1.71 bits per heavy atom. The summed E-state index contributed by atoms with van der Waals surface area (Å²) in [4.78, 5) is 22.8. The van der Waals surface area contributed by atoms with Crippen LogP contribution in [0.5, 0.6) is 5.75 Å². The Bertz CT molecular complexity index is 1580. The third-order valence-corrected chi connectivity index (χ3v) is 7.36. The number of rotatable bonds is 10. The minimum Gasteiger partial charge on any atom is -0.493 e. The Labute approximate surface area is 238 Å². The first-order valence-electron chi connectivity index (χ1n) is 13.9. The van der Waals surface area contributed by atoms with Crippen molar-refractivity contribution in [1.29, 1.82) is 0 Å². The lowest BCUT2D eigenvalue weighted by Gasteiger charge is -2.35. The minimum absolute atomic E-state index is 0.118. The van der Waals surface area contributed by atoms with Crippen LogP contribution < -0.4 is 10.1 Å². The molecule has 0 unspecified atom stereocenters. The third kappa shape index (κ3) is 6.40. The summed E-state index contributed by atoms with van der Waals surface area (Å²) in [5.41, 5.74) is 3.94. The molecule has 5 aromatic rings. The number of aromatic nitrogens is 5. The number of hydrogen-bond donors (Lipinski definition) is 2. The van der Waals surface area contributed by atoms with E-state index in [9.17, 15) is 4.79 Å². The fourth-order valence-electron chi connectivity index (χ4n) is 5.29. The van der Waals surface area contributed by atoms with Gasteiger partial charge in [-0.15, -0.1) is 5.10 Å². The molecule has 0 spiro atoms. The van der Waals surface area contributed by atoms with Crippen molar-refractivity contribution in [1.82, 2.24) is 35.4 Å². The number of amides is 1. The molecule has 10 nitrogen and oxygen atoms in total. The Morgan fingerprint density at radius 3 is 2.54 bits per heavy atom.